The summed E-state index contributed by atoms with van der Waals surface area (Å²) in [4.78, 5) is 4.58. The van der Waals surface area contributed by atoms with Crippen molar-refractivity contribution in [3.05, 3.63) is 59.5 Å². The Hall–Kier alpha value is -2.49. The molecule has 0 atom stereocenters. The Morgan fingerprint density at radius 2 is 2.05 bits per heavy atom. The minimum absolute atomic E-state index is 0.705. The van der Waals surface area contributed by atoms with Crippen LogP contribution in [-0.4, -0.2) is 16.5 Å². The van der Waals surface area contributed by atoms with Crippen molar-refractivity contribution in [1.29, 1.82) is 0 Å². The van der Waals surface area contributed by atoms with Crippen molar-refractivity contribution in [3.8, 4) is 5.75 Å². The van der Waals surface area contributed by atoms with Crippen LogP contribution in [0.3, 0.4) is 0 Å². The average Bonchev–Trinajstić information content (AvgIpc) is 2.81. The fourth-order valence-electron chi connectivity index (χ4n) is 2.52. The summed E-state index contributed by atoms with van der Waals surface area (Å²) in [6.45, 7) is 4.82. The van der Waals surface area contributed by atoms with Crippen molar-refractivity contribution in [2.24, 2.45) is 0 Å². The maximum atomic E-state index is 5.40. The average molecular weight is 281 g/mol. The summed E-state index contributed by atoms with van der Waals surface area (Å²) in [5, 5.41) is 3.45. The minimum atomic E-state index is 0.705. The van der Waals surface area contributed by atoms with Crippen LogP contribution in [0.1, 0.15) is 17.0 Å². The first-order chi connectivity index (χ1) is 10.2. The second-order valence-electron chi connectivity index (χ2n) is 5.13. The zero-order valence-corrected chi connectivity index (χ0v) is 12.6. The van der Waals surface area contributed by atoms with E-state index in [2.05, 4.69) is 27.7 Å². The molecule has 0 amide bonds. The first-order valence-corrected chi connectivity index (χ1v) is 7.00. The number of imidazole rings is 1. The van der Waals surface area contributed by atoms with Crippen molar-refractivity contribution in [3.63, 3.8) is 0 Å². The third-order valence-corrected chi connectivity index (χ3v) is 3.63. The van der Waals surface area contributed by atoms with Gasteiger partial charge in [-0.15, -0.1) is 0 Å². The third kappa shape index (κ3) is 2.57. The number of pyridine rings is 1. The fraction of sp³-hybridized carbons (Fsp3) is 0.235. The highest BCUT2D eigenvalue weighted by atomic mass is 16.5. The van der Waals surface area contributed by atoms with Crippen molar-refractivity contribution in [2.45, 2.75) is 20.4 Å². The highest BCUT2D eigenvalue weighted by Crippen LogP contribution is 2.26. The van der Waals surface area contributed by atoms with E-state index < -0.39 is 0 Å². The van der Waals surface area contributed by atoms with Crippen LogP contribution in [0.25, 0.3) is 5.65 Å². The van der Waals surface area contributed by atoms with Crippen molar-refractivity contribution in [2.75, 3.05) is 12.4 Å². The molecule has 0 bridgehead atoms. The van der Waals surface area contributed by atoms with Gasteiger partial charge in [-0.25, -0.2) is 4.98 Å². The summed E-state index contributed by atoms with van der Waals surface area (Å²) in [6.07, 6.45) is 2.04. The Balaban J connectivity index is 1.90. The largest absolute Gasteiger partial charge is 0.495 e. The van der Waals surface area contributed by atoms with Gasteiger partial charge >= 0.3 is 0 Å². The van der Waals surface area contributed by atoms with E-state index in [1.54, 1.807) is 7.11 Å². The van der Waals surface area contributed by atoms with E-state index in [0.29, 0.717) is 6.54 Å². The second kappa shape index (κ2) is 5.48. The molecule has 0 aliphatic carbocycles. The zero-order valence-electron chi connectivity index (χ0n) is 12.6. The summed E-state index contributed by atoms with van der Waals surface area (Å²) in [7, 11) is 1.69. The molecule has 2 aromatic heterocycles. The van der Waals surface area contributed by atoms with Crippen LogP contribution in [-0.2, 0) is 6.54 Å². The quantitative estimate of drug-likeness (QED) is 0.794. The summed E-state index contributed by atoms with van der Waals surface area (Å²) in [5.41, 5.74) is 5.38. The topological polar surface area (TPSA) is 38.6 Å². The highest BCUT2D eigenvalue weighted by Gasteiger charge is 2.09. The Bertz CT molecular complexity index is 777. The molecule has 0 aliphatic heterocycles. The number of benzene rings is 1. The fourth-order valence-corrected chi connectivity index (χ4v) is 2.52. The van der Waals surface area contributed by atoms with Crippen LogP contribution in [0.4, 0.5) is 5.69 Å². The number of nitrogens with zero attached hydrogens (tertiary/aromatic N) is 2. The molecule has 0 unspecified atom stereocenters. The number of hydrogen-bond acceptors (Lipinski definition) is 3. The lowest BCUT2D eigenvalue weighted by Crippen LogP contribution is -2.05. The predicted octanol–water partition coefficient (Wildman–Crippen LogP) is 3.57. The number of fused-ring (bicyclic) bond motifs is 1. The van der Waals surface area contributed by atoms with E-state index >= 15 is 0 Å². The number of ether oxygens (including phenoxy) is 1. The minimum Gasteiger partial charge on any atom is -0.495 e. The van der Waals surface area contributed by atoms with Gasteiger partial charge in [0.2, 0.25) is 0 Å². The van der Waals surface area contributed by atoms with Crippen LogP contribution in [0.15, 0.2) is 42.6 Å². The smallest absolute Gasteiger partial charge is 0.141 e. The van der Waals surface area contributed by atoms with Gasteiger partial charge in [-0.2, -0.15) is 0 Å². The molecule has 0 saturated heterocycles. The molecule has 2 heterocycles. The van der Waals surface area contributed by atoms with E-state index in [0.717, 1.165) is 28.5 Å². The van der Waals surface area contributed by atoms with Gasteiger partial charge in [-0.1, -0.05) is 12.1 Å². The second-order valence-corrected chi connectivity index (χ2v) is 5.13. The molecule has 0 radical (unpaired) electrons. The normalized spacial score (nSPS) is 10.8. The Morgan fingerprint density at radius 3 is 2.86 bits per heavy atom. The molecular weight excluding hydrogens is 262 g/mol. The molecule has 0 fully saturated rings. The van der Waals surface area contributed by atoms with E-state index in [4.69, 9.17) is 4.74 Å². The SMILES string of the molecule is COc1ccc(C)cc1NCc1c(C)nc2ccccn12. The zero-order chi connectivity index (χ0) is 14.8. The van der Waals surface area contributed by atoms with Gasteiger partial charge in [-0.05, 0) is 43.7 Å². The Labute approximate surface area is 124 Å². The van der Waals surface area contributed by atoms with Gasteiger partial charge in [-0.3, -0.25) is 0 Å². The predicted molar refractivity (Wildman–Crippen MR) is 85.0 cm³/mol. The highest BCUT2D eigenvalue weighted by molar-refractivity contribution is 5.58. The lowest BCUT2D eigenvalue weighted by atomic mass is 10.2. The number of anilines is 1. The maximum absolute atomic E-state index is 5.40. The lowest BCUT2D eigenvalue weighted by molar-refractivity contribution is 0.416. The Kier molecular flexibility index (Phi) is 3.52. The van der Waals surface area contributed by atoms with Gasteiger partial charge in [0.05, 0.1) is 30.7 Å². The number of nitrogens with one attached hydrogen (secondary N) is 1. The van der Waals surface area contributed by atoms with E-state index in [9.17, 15) is 0 Å². The first-order valence-electron chi connectivity index (χ1n) is 7.00. The molecule has 0 saturated carbocycles. The number of aromatic nitrogens is 2. The van der Waals surface area contributed by atoms with Crippen LogP contribution >= 0.6 is 0 Å². The van der Waals surface area contributed by atoms with Crippen LogP contribution in [0.5, 0.6) is 5.75 Å². The molecule has 1 N–H and O–H groups in total. The van der Waals surface area contributed by atoms with Crippen molar-refractivity contribution >= 4 is 11.3 Å². The van der Waals surface area contributed by atoms with E-state index in [-0.39, 0.29) is 0 Å². The molecular formula is C17H19N3O. The van der Waals surface area contributed by atoms with Crippen LogP contribution in [0, 0.1) is 13.8 Å². The standard InChI is InChI=1S/C17H19N3O/c1-12-7-8-16(21-3)14(10-12)18-11-15-13(2)19-17-6-4-5-9-20(15)17/h4-10,18H,11H2,1-3H3. The summed E-state index contributed by atoms with van der Waals surface area (Å²) in [5.74, 6) is 0.854. The number of rotatable bonds is 4. The number of methoxy groups -OCH3 is 1. The van der Waals surface area contributed by atoms with E-state index in [1.807, 2.05) is 43.5 Å². The van der Waals surface area contributed by atoms with Gasteiger partial charge in [0, 0.05) is 6.20 Å². The maximum Gasteiger partial charge on any atom is 0.141 e. The molecule has 3 aromatic rings. The van der Waals surface area contributed by atoms with Crippen molar-refractivity contribution < 1.29 is 4.74 Å². The number of aryl methyl sites for hydroxylation is 2. The molecule has 0 aliphatic rings. The van der Waals surface area contributed by atoms with Gasteiger partial charge < -0.3 is 14.5 Å². The van der Waals surface area contributed by atoms with Crippen LogP contribution in [0.2, 0.25) is 0 Å². The van der Waals surface area contributed by atoms with Gasteiger partial charge in [0.25, 0.3) is 0 Å². The molecule has 4 nitrogen and oxygen atoms in total. The molecule has 1 aromatic carbocycles. The van der Waals surface area contributed by atoms with E-state index in [1.165, 1.54) is 5.56 Å². The molecule has 3 rings (SSSR count). The third-order valence-electron chi connectivity index (χ3n) is 3.63. The summed E-state index contributed by atoms with van der Waals surface area (Å²) in [6, 6.07) is 12.2. The van der Waals surface area contributed by atoms with Crippen LogP contribution < -0.4 is 10.1 Å². The molecule has 21 heavy (non-hydrogen) atoms. The van der Waals surface area contributed by atoms with Gasteiger partial charge in [0.1, 0.15) is 11.4 Å². The number of hydrogen-bond donors (Lipinski definition) is 1. The monoisotopic (exact) mass is 281 g/mol. The summed E-state index contributed by atoms with van der Waals surface area (Å²) >= 11 is 0. The molecule has 0 spiro atoms. The first kappa shape index (κ1) is 13.5. The molecule has 4 heteroatoms. The molecule has 108 valence electrons. The lowest BCUT2D eigenvalue weighted by Gasteiger charge is -2.12. The van der Waals surface area contributed by atoms with Gasteiger partial charge in [0.15, 0.2) is 0 Å². The summed E-state index contributed by atoms with van der Waals surface area (Å²) < 4.78 is 7.52. The van der Waals surface area contributed by atoms with Crippen molar-refractivity contribution in [1.82, 2.24) is 9.38 Å². The Morgan fingerprint density at radius 1 is 1.19 bits per heavy atom.